The molecular formula is C50H80N2O14S. The molecule has 4 heterocycles. The van der Waals surface area contributed by atoms with Gasteiger partial charge in [-0.25, -0.2) is 0 Å². The first-order valence-electron chi connectivity index (χ1n) is 24.0. The zero-order chi connectivity index (χ0) is 50.1. The van der Waals surface area contributed by atoms with Crippen LogP contribution in [0.5, 0.6) is 0 Å². The summed E-state index contributed by atoms with van der Waals surface area (Å²) in [6.45, 7) is 21.9. The fourth-order valence-electron chi connectivity index (χ4n) is 11.1. The Bertz CT molecular complexity index is 1910. The lowest BCUT2D eigenvalue weighted by Gasteiger charge is -2.50. The van der Waals surface area contributed by atoms with Gasteiger partial charge >= 0.3 is 11.9 Å². The van der Waals surface area contributed by atoms with Crippen LogP contribution in [0.4, 0.5) is 5.69 Å². The number of aryl methyl sites for hydroxylation is 2. The Hall–Kier alpha value is -2.71. The van der Waals surface area contributed by atoms with Crippen molar-refractivity contribution in [3.63, 3.8) is 0 Å². The Balaban J connectivity index is 1.59. The Labute approximate surface area is 402 Å². The van der Waals surface area contributed by atoms with E-state index in [2.05, 4.69) is 5.32 Å². The van der Waals surface area contributed by atoms with Gasteiger partial charge in [-0.15, -0.1) is 11.8 Å². The number of anilines is 1. The molecule has 17 heteroatoms. The molecule has 1 aromatic rings. The number of benzene rings is 1. The van der Waals surface area contributed by atoms with Crippen molar-refractivity contribution >= 4 is 41.1 Å². The van der Waals surface area contributed by atoms with Crippen LogP contribution in [0.3, 0.4) is 0 Å². The average molecular weight is 965 g/mol. The third-order valence-corrected chi connectivity index (χ3v) is 16.7. The molecule has 2 unspecified atom stereocenters. The molecule has 16 nitrogen and oxygen atoms in total. The number of cyclic esters (lactones) is 1. The van der Waals surface area contributed by atoms with Crippen LogP contribution in [0.2, 0.25) is 0 Å². The van der Waals surface area contributed by atoms with Gasteiger partial charge in [0.15, 0.2) is 18.2 Å². The predicted octanol–water partition coefficient (Wildman–Crippen LogP) is 5.62. The topological polar surface area (TPSA) is 198 Å². The number of aliphatic hydroxyl groups is 2. The second kappa shape index (κ2) is 22.2. The highest BCUT2D eigenvalue weighted by molar-refractivity contribution is 8.01. The van der Waals surface area contributed by atoms with Crippen LogP contribution in [-0.2, 0) is 57.1 Å². The smallest absolute Gasteiger partial charge is 0.320 e. The first-order chi connectivity index (χ1) is 31.2. The van der Waals surface area contributed by atoms with E-state index in [1.54, 1.807) is 34.6 Å². The van der Waals surface area contributed by atoms with Gasteiger partial charge in [0.1, 0.15) is 29.3 Å². The van der Waals surface area contributed by atoms with Gasteiger partial charge in [-0.05, 0) is 112 Å². The van der Waals surface area contributed by atoms with Gasteiger partial charge < -0.3 is 58.3 Å². The van der Waals surface area contributed by atoms with Crippen molar-refractivity contribution in [1.29, 1.82) is 0 Å². The second-order valence-electron chi connectivity index (χ2n) is 20.7. The van der Waals surface area contributed by atoms with E-state index in [0.29, 0.717) is 12.1 Å². The molecule has 19 atom stereocenters. The van der Waals surface area contributed by atoms with Gasteiger partial charge in [-0.3, -0.25) is 19.2 Å². The normalized spacial score (nSPS) is 42.4. The summed E-state index contributed by atoms with van der Waals surface area (Å²) >= 11 is 1.10. The molecule has 1 amide bonds. The van der Waals surface area contributed by atoms with Gasteiger partial charge in [0.25, 0.3) is 0 Å². The van der Waals surface area contributed by atoms with Crippen LogP contribution < -0.4 is 5.32 Å². The number of likely N-dealkylation sites (N-methyl/N-ethyl adjacent to an activating group) is 1. The van der Waals surface area contributed by atoms with Crippen molar-refractivity contribution in [3.05, 3.63) is 29.3 Å². The highest BCUT2D eigenvalue weighted by Crippen LogP contribution is 2.49. The number of amides is 1. The molecule has 3 N–H and O–H groups in total. The number of methoxy groups -OCH3 is 2. The minimum absolute atomic E-state index is 0.107. The predicted molar refractivity (Wildman–Crippen MR) is 253 cm³/mol. The highest BCUT2D eigenvalue weighted by Gasteiger charge is 2.62. The van der Waals surface area contributed by atoms with E-state index in [1.165, 1.54) is 14.2 Å². The van der Waals surface area contributed by atoms with Crippen LogP contribution >= 0.6 is 11.8 Å². The molecule has 4 fully saturated rings. The summed E-state index contributed by atoms with van der Waals surface area (Å²) in [6.07, 6.45) is -7.22. The molecule has 0 aliphatic carbocycles. The molecule has 4 aliphatic rings. The average Bonchev–Trinajstić information content (AvgIpc) is 3.54. The number of Topliss-reactive ketones (excluding diaryl/α,β-unsaturated/α-hetero) is 1. The third-order valence-electron chi connectivity index (χ3n) is 15.4. The molecule has 4 aliphatic heterocycles. The SMILES string of the molecule is CC[C@H]1OC(=O)[C@H](C)[C@@H](O[C@H]2C[C@@](C)(OC)[C@@H](O)[C@@H](C)O2)[C@H](C)[C@@H](O[C@@H]2O[C@H](C)C[C@H](N(C)C)[C@H]2O)[C@](C)(OC)C[C@@H](C)C(=O)[C@H](C)C2C(SCC(=O)Nc3ccc(C)c(C)c3)C(=O)O[C@@]21C. The van der Waals surface area contributed by atoms with Crippen LogP contribution in [0.25, 0.3) is 0 Å². The summed E-state index contributed by atoms with van der Waals surface area (Å²) in [7, 11) is 6.81. The number of thioether (sulfide) groups is 1. The molecule has 5 rings (SSSR count). The van der Waals surface area contributed by atoms with E-state index in [-0.39, 0.29) is 48.9 Å². The van der Waals surface area contributed by atoms with Crippen molar-refractivity contribution in [1.82, 2.24) is 4.90 Å². The van der Waals surface area contributed by atoms with Crippen molar-refractivity contribution < 1.29 is 67.3 Å². The zero-order valence-electron chi connectivity index (χ0n) is 42.7. The number of hydrogen-bond acceptors (Lipinski definition) is 16. The number of fused-ring (bicyclic) bond motifs is 1. The number of rotatable bonds is 12. The molecule has 0 saturated carbocycles. The number of ketones is 1. The van der Waals surface area contributed by atoms with E-state index in [9.17, 15) is 24.6 Å². The number of nitrogens with one attached hydrogen (secondary N) is 1. The first kappa shape index (κ1) is 55.2. The molecule has 0 bridgehead atoms. The molecule has 380 valence electrons. The molecular weight excluding hydrogens is 885 g/mol. The summed E-state index contributed by atoms with van der Waals surface area (Å²) in [5.74, 6) is -6.02. The van der Waals surface area contributed by atoms with Crippen molar-refractivity contribution in [2.24, 2.45) is 29.6 Å². The maximum Gasteiger partial charge on any atom is 0.320 e. The fourth-order valence-corrected chi connectivity index (χ4v) is 12.4. The van der Waals surface area contributed by atoms with Crippen LogP contribution in [0.1, 0.15) is 106 Å². The quantitative estimate of drug-likeness (QED) is 0.218. The van der Waals surface area contributed by atoms with E-state index in [4.69, 9.17) is 37.9 Å². The maximum absolute atomic E-state index is 15.1. The van der Waals surface area contributed by atoms with Crippen molar-refractivity contribution in [2.75, 3.05) is 39.4 Å². The lowest BCUT2D eigenvalue weighted by molar-refractivity contribution is -0.319. The summed E-state index contributed by atoms with van der Waals surface area (Å²) < 4.78 is 51.5. The van der Waals surface area contributed by atoms with Crippen LogP contribution in [0.15, 0.2) is 18.2 Å². The van der Waals surface area contributed by atoms with Crippen LogP contribution in [-0.4, -0.2) is 156 Å². The summed E-state index contributed by atoms with van der Waals surface area (Å²) in [5.41, 5.74) is -1.10. The van der Waals surface area contributed by atoms with E-state index >= 15 is 4.79 Å². The number of carbonyl (C=O) groups is 4. The minimum atomic E-state index is -1.48. The lowest BCUT2D eigenvalue weighted by Crippen LogP contribution is -2.61. The summed E-state index contributed by atoms with van der Waals surface area (Å²) in [5, 5.41) is 24.9. The zero-order valence-corrected chi connectivity index (χ0v) is 43.5. The molecule has 67 heavy (non-hydrogen) atoms. The lowest BCUT2D eigenvalue weighted by atomic mass is 9.70. The Kier molecular flexibility index (Phi) is 18.3. The van der Waals surface area contributed by atoms with Crippen molar-refractivity contribution in [3.8, 4) is 0 Å². The van der Waals surface area contributed by atoms with Gasteiger partial charge in [0.2, 0.25) is 5.91 Å². The first-order valence-corrected chi connectivity index (χ1v) is 25.0. The Morgan fingerprint density at radius 3 is 2.15 bits per heavy atom. The number of nitrogens with zero attached hydrogens (tertiary/aromatic N) is 1. The second-order valence-corrected chi connectivity index (χ2v) is 21.8. The minimum Gasteiger partial charge on any atom is -0.458 e. The Morgan fingerprint density at radius 1 is 0.896 bits per heavy atom. The third kappa shape index (κ3) is 11.7. The van der Waals surface area contributed by atoms with Crippen LogP contribution in [0, 0.1) is 43.4 Å². The number of esters is 2. The summed E-state index contributed by atoms with van der Waals surface area (Å²) in [6, 6.07) is 5.32. The van der Waals surface area contributed by atoms with Gasteiger partial charge in [0, 0.05) is 56.0 Å². The van der Waals surface area contributed by atoms with Gasteiger partial charge in [0.05, 0.1) is 47.3 Å². The van der Waals surface area contributed by atoms with E-state index in [1.807, 2.05) is 85.7 Å². The van der Waals surface area contributed by atoms with E-state index < -0.39 is 113 Å². The molecule has 0 aromatic heterocycles. The van der Waals surface area contributed by atoms with Gasteiger partial charge in [-0.2, -0.15) is 0 Å². The standard InChI is InChI=1S/C50H80N2O14S/c1-17-35-50(12)38(42(46(58)66-50)67-24-36(53)51-33-19-18-25(2)26(3)20-33)29(6)39(54)27(4)22-49(11,60-16)44(65-47-40(55)34(52(13)14)21-28(5)61-47)30(7)41(31(8)45(57)63-35)64-37-23-48(10,59-15)43(56)32(9)62-37/h18-20,27-32,34-35,37-38,40-44,47,55-56H,17,21-24H2,1-16H3,(H,51,53)/t27-,28-,29-,30+,31-,32-,34+,35-,37+,38?,40-,41+,42?,43+,44-,47+,48-,49-,50-/m1/s1. The van der Waals surface area contributed by atoms with Crippen molar-refractivity contribution in [2.45, 2.75) is 192 Å². The highest BCUT2D eigenvalue weighted by atomic mass is 32.2. The fraction of sp³-hybridized carbons (Fsp3) is 0.800. The number of carbonyl (C=O) groups excluding carboxylic acids is 4. The summed E-state index contributed by atoms with van der Waals surface area (Å²) in [4.78, 5) is 59.5. The number of hydrogen-bond donors (Lipinski definition) is 3. The molecule has 0 spiro atoms. The van der Waals surface area contributed by atoms with E-state index in [0.717, 1.165) is 22.9 Å². The molecule has 4 saturated heterocycles. The largest absolute Gasteiger partial charge is 0.458 e. The monoisotopic (exact) mass is 965 g/mol. The molecule has 1 aromatic carbocycles. The Morgan fingerprint density at radius 2 is 1.55 bits per heavy atom. The number of ether oxygens (including phenoxy) is 8. The maximum atomic E-state index is 15.1. The number of aliphatic hydroxyl groups excluding tert-OH is 2. The van der Waals surface area contributed by atoms with Gasteiger partial charge in [-0.1, -0.05) is 33.8 Å². The molecule has 0 radical (unpaired) electrons.